The number of halogens is 1. The number of rotatable bonds is 3. The number of aryl methyl sites for hydroxylation is 1. The molecule has 18 heavy (non-hydrogen) atoms. The van der Waals surface area contributed by atoms with Gasteiger partial charge in [-0.2, -0.15) is 4.98 Å². The molecule has 0 radical (unpaired) electrons. The number of nitrogens with zero attached hydrogens (tertiary/aromatic N) is 2. The van der Waals surface area contributed by atoms with E-state index >= 15 is 0 Å². The zero-order chi connectivity index (χ0) is 13.1. The van der Waals surface area contributed by atoms with Gasteiger partial charge in [0.05, 0.1) is 7.11 Å². The van der Waals surface area contributed by atoms with E-state index in [1.54, 1.807) is 7.11 Å². The molecule has 5 nitrogen and oxygen atoms in total. The number of anilines is 3. The molecule has 1 aromatic heterocycles. The Kier molecular flexibility index (Phi) is 3.66. The number of nitrogen functional groups attached to an aromatic ring is 1. The molecule has 6 heteroatoms. The summed E-state index contributed by atoms with van der Waals surface area (Å²) in [6, 6.07) is 7.50. The van der Waals surface area contributed by atoms with Crippen LogP contribution in [0, 0.1) is 6.92 Å². The first kappa shape index (κ1) is 12.6. The van der Waals surface area contributed by atoms with E-state index in [1.165, 1.54) is 0 Å². The van der Waals surface area contributed by atoms with Gasteiger partial charge >= 0.3 is 0 Å². The van der Waals surface area contributed by atoms with Crippen LogP contribution in [0.3, 0.4) is 0 Å². The lowest BCUT2D eigenvalue weighted by atomic mass is 10.3. The fourth-order valence-corrected chi connectivity index (χ4v) is 2.03. The maximum atomic E-state index is 5.60. The molecule has 2 rings (SSSR count). The zero-order valence-corrected chi connectivity index (χ0v) is 11.7. The van der Waals surface area contributed by atoms with Crippen molar-refractivity contribution in [3.63, 3.8) is 0 Å². The van der Waals surface area contributed by atoms with Crippen molar-refractivity contribution in [1.82, 2.24) is 9.97 Å². The molecular formula is C12H13BrN4O. The molecule has 0 aliphatic heterocycles. The summed E-state index contributed by atoms with van der Waals surface area (Å²) < 4.78 is 6.11. The molecule has 0 saturated heterocycles. The van der Waals surface area contributed by atoms with Gasteiger partial charge in [0.25, 0.3) is 0 Å². The van der Waals surface area contributed by atoms with Gasteiger partial charge in [-0.05, 0) is 19.1 Å². The van der Waals surface area contributed by atoms with Crippen LogP contribution < -0.4 is 15.8 Å². The molecule has 0 saturated carbocycles. The van der Waals surface area contributed by atoms with Gasteiger partial charge in [-0.1, -0.05) is 15.9 Å². The van der Waals surface area contributed by atoms with Crippen LogP contribution >= 0.6 is 15.9 Å². The third-order valence-electron chi connectivity index (χ3n) is 2.25. The second-order valence-electron chi connectivity index (χ2n) is 3.76. The molecular weight excluding hydrogens is 296 g/mol. The van der Waals surface area contributed by atoms with Gasteiger partial charge in [0.2, 0.25) is 5.95 Å². The number of nitrogens with two attached hydrogens (primary N) is 1. The SMILES string of the molecule is COc1cc(Br)cc(Nc2cc(C)nc(N)n2)c1. The van der Waals surface area contributed by atoms with Crippen LogP contribution in [0.15, 0.2) is 28.7 Å². The van der Waals surface area contributed by atoms with Gasteiger partial charge in [0.1, 0.15) is 11.6 Å². The highest BCUT2D eigenvalue weighted by Gasteiger charge is 2.03. The molecule has 94 valence electrons. The molecule has 1 heterocycles. The minimum atomic E-state index is 0.250. The van der Waals surface area contributed by atoms with Crippen LogP contribution in [0.4, 0.5) is 17.5 Å². The largest absolute Gasteiger partial charge is 0.497 e. The molecule has 3 N–H and O–H groups in total. The van der Waals surface area contributed by atoms with Gasteiger partial charge in [-0.25, -0.2) is 4.98 Å². The Morgan fingerprint density at radius 1 is 1.22 bits per heavy atom. The first-order chi connectivity index (χ1) is 8.56. The van der Waals surface area contributed by atoms with Crippen molar-refractivity contribution in [1.29, 1.82) is 0 Å². The van der Waals surface area contributed by atoms with Crippen LogP contribution in [0.2, 0.25) is 0 Å². The first-order valence-corrected chi connectivity index (χ1v) is 6.09. The van der Waals surface area contributed by atoms with E-state index in [0.29, 0.717) is 5.82 Å². The van der Waals surface area contributed by atoms with E-state index in [2.05, 4.69) is 31.2 Å². The van der Waals surface area contributed by atoms with Crippen molar-refractivity contribution in [3.05, 3.63) is 34.4 Å². The summed E-state index contributed by atoms with van der Waals surface area (Å²) >= 11 is 3.42. The lowest BCUT2D eigenvalue weighted by Crippen LogP contribution is -2.01. The summed E-state index contributed by atoms with van der Waals surface area (Å²) in [4.78, 5) is 8.13. The van der Waals surface area contributed by atoms with E-state index < -0.39 is 0 Å². The van der Waals surface area contributed by atoms with Crippen LogP contribution in [0.1, 0.15) is 5.69 Å². The molecule has 0 aliphatic carbocycles. The minimum absolute atomic E-state index is 0.250. The maximum Gasteiger partial charge on any atom is 0.222 e. The van der Waals surface area contributed by atoms with Gasteiger partial charge < -0.3 is 15.8 Å². The highest BCUT2D eigenvalue weighted by molar-refractivity contribution is 9.10. The van der Waals surface area contributed by atoms with E-state index in [4.69, 9.17) is 10.5 Å². The molecule has 1 aromatic carbocycles. The molecule has 0 fully saturated rings. The predicted molar refractivity (Wildman–Crippen MR) is 75.2 cm³/mol. The van der Waals surface area contributed by atoms with Crippen molar-refractivity contribution in [2.45, 2.75) is 6.92 Å². The van der Waals surface area contributed by atoms with Crippen LogP contribution in [-0.4, -0.2) is 17.1 Å². The maximum absolute atomic E-state index is 5.60. The van der Waals surface area contributed by atoms with Gasteiger partial charge in [-0.3, -0.25) is 0 Å². The predicted octanol–water partition coefficient (Wildman–Crippen LogP) is 2.88. The molecule has 0 unspecified atom stereocenters. The summed E-state index contributed by atoms with van der Waals surface area (Å²) in [7, 11) is 1.62. The van der Waals surface area contributed by atoms with Crippen molar-refractivity contribution >= 4 is 33.4 Å². The average Bonchev–Trinajstić information content (AvgIpc) is 2.26. The number of benzene rings is 1. The zero-order valence-electron chi connectivity index (χ0n) is 10.1. The monoisotopic (exact) mass is 308 g/mol. The molecule has 0 amide bonds. The second kappa shape index (κ2) is 5.22. The smallest absolute Gasteiger partial charge is 0.222 e. The summed E-state index contributed by atoms with van der Waals surface area (Å²) in [5.41, 5.74) is 7.27. The van der Waals surface area contributed by atoms with E-state index in [9.17, 15) is 0 Å². The third kappa shape index (κ3) is 3.10. The molecule has 2 aromatic rings. The van der Waals surface area contributed by atoms with Crippen molar-refractivity contribution in [3.8, 4) is 5.75 Å². The third-order valence-corrected chi connectivity index (χ3v) is 2.71. The lowest BCUT2D eigenvalue weighted by molar-refractivity contribution is 0.415. The number of aromatic nitrogens is 2. The normalized spacial score (nSPS) is 10.2. The number of ether oxygens (including phenoxy) is 1. The molecule has 0 spiro atoms. The molecule has 0 aliphatic rings. The summed E-state index contributed by atoms with van der Waals surface area (Å²) in [6.07, 6.45) is 0. The Labute approximate surface area is 114 Å². The van der Waals surface area contributed by atoms with Crippen molar-refractivity contribution in [2.75, 3.05) is 18.2 Å². The highest BCUT2D eigenvalue weighted by Crippen LogP contribution is 2.26. The Balaban J connectivity index is 2.30. The summed E-state index contributed by atoms with van der Waals surface area (Å²) in [5, 5.41) is 3.16. The van der Waals surface area contributed by atoms with E-state index in [-0.39, 0.29) is 5.95 Å². The average molecular weight is 309 g/mol. The Bertz CT molecular complexity index is 554. The quantitative estimate of drug-likeness (QED) is 0.912. The topological polar surface area (TPSA) is 73.1 Å². The first-order valence-electron chi connectivity index (χ1n) is 5.29. The molecule has 0 atom stereocenters. The number of hydrogen-bond acceptors (Lipinski definition) is 5. The van der Waals surface area contributed by atoms with Crippen molar-refractivity contribution in [2.24, 2.45) is 0 Å². The molecule has 0 bridgehead atoms. The number of methoxy groups -OCH3 is 1. The highest BCUT2D eigenvalue weighted by atomic mass is 79.9. The van der Waals surface area contributed by atoms with Crippen LogP contribution in [0.25, 0.3) is 0 Å². The number of nitrogens with one attached hydrogen (secondary N) is 1. The van der Waals surface area contributed by atoms with Crippen molar-refractivity contribution < 1.29 is 4.74 Å². The summed E-state index contributed by atoms with van der Waals surface area (Å²) in [5.74, 6) is 1.66. The Morgan fingerprint density at radius 2 is 2.00 bits per heavy atom. The minimum Gasteiger partial charge on any atom is -0.497 e. The van der Waals surface area contributed by atoms with Crippen LogP contribution in [0.5, 0.6) is 5.75 Å². The van der Waals surface area contributed by atoms with E-state index in [0.717, 1.165) is 21.6 Å². The lowest BCUT2D eigenvalue weighted by Gasteiger charge is -2.09. The fourth-order valence-electron chi connectivity index (χ4n) is 1.56. The Hall–Kier alpha value is -1.82. The fraction of sp³-hybridized carbons (Fsp3) is 0.167. The van der Waals surface area contributed by atoms with Crippen LogP contribution in [-0.2, 0) is 0 Å². The van der Waals surface area contributed by atoms with E-state index in [1.807, 2.05) is 31.2 Å². The van der Waals surface area contributed by atoms with Gasteiger partial charge in [0, 0.05) is 28.0 Å². The Morgan fingerprint density at radius 3 is 2.67 bits per heavy atom. The standard InChI is InChI=1S/C12H13BrN4O/c1-7-3-11(17-12(14)15-7)16-9-4-8(13)5-10(6-9)18-2/h3-6H,1-2H3,(H3,14,15,16,17). The van der Waals surface area contributed by atoms with Gasteiger partial charge in [0.15, 0.2) is 0 Å². The van der Waals surface area contributed by atoms with Gasteiger partial charge in [-0.15, -0.1) is 0 Å². The number of hydrogen-bond donors (Lipinski definition) is 2. The second-order valence-corrected chi connectivity index (χ2v) is 4.67. The summed E-state index contributed by atoms with van der Waals surface area (Å²) in [6.45, 7) is 1.87.